The number of pyridine rings is 1. The Morgan fingerprint density at radius 3 is 2.79 bits per heavy atom. The molecule has 0 spiro atoms. The first-order valence-corrected chi connectivity index (χ1v) is 9.92. The summed E-state index contributed by atoms with van der Waals surface area (Å²) in [7, 11) is 0. The van der Waals surface area contributed by atoms with E-state index in [1.54, 1.807) is 0 Å². The van der Waals surface area contributed by atoms with Crippen LogP contribution in [-0.2, 0) is 4.79 Å². The number of likely N-dealkylation sites (tertiary alicyclic amines) is 1. The van der Waals surface area contributed by atoms with Gasteiger partial charge in [-0.25, -0.2) is 0 Å². The smallest absolute Gasteiger partial charge is 0.260 e. The second-order valence-corrected chi connectivity index (χ2v) is 7.68. The van der Waals surface area contributed by atoms with Crippen LogP contribution in [0, 0.1) is 0 Å². The molecule has 1 aliphatic heterocycles. The number of nitrogens with zero attached hydrogens (tertiary/aromatic N) is 4. The summed E-state index contributed by atoms with van der Waals surface area (Å²) in [6.07, 6.45) is 3.95. The van der Waals surface area contributed by atoms with Crippen molar-refractivity contribution in [1.82, 2.24) is 19.5 Å². The minimum atomic E-state index is 0.0199. The largest absolute Gasteiger partial charge is 0.484 e. The molecule has 0 N–H and O–H groups in total. The van der Waals surface area contributed by atoms with Crippen molar-refractivity contribution in [1.29, 1.82) is 0 Å². The zero-order chi connectivity index (χ0) is 19.5. The van der Waals surface area contributed by atoms with Gasteiger partial charge in [0.1, 0.15) is 11.6 Å². The van der Waals surface area contributed by atoms with Gasteiger partial charge in [-0.05, 0) is 48.6 Å². The topological polar surface area (TPSA) is 59.7 Å². The van der Waals surface area contributed by atoms with Crippen LogP contribution in [0.3, 0.4) is 0 Å². The molecule has 0 aliphatic carbocycles. The Labute approximate surface area is 165 Å². The Morgan fingerprint density at radius 1 is 1.18 bits per heavy atom. The Kier molecular flexibility index (Phi) is 5.28. The number of fused-ring (bicyclic) bond motifs is 1. The Hall–Kier alpha value is -2.89. The third kappa shape index (κ3) is 3.86. The molecule has 146 valence electrons. The highest BCUT2D eigenvalue weighted by molar-refractivity contribution is 5.78. The van der Waals surface area contributed by atoms with E-state index in [-0.39, 0.29) is 18.4 Å². The van der Waals surface area contributed by atoms with Gasteiger partial charge >= 0.3 is 0 Å². The molecular formula is C22H26N4O2. The summed E-state index contributed by atoms with van der Waals surface area (Å²) in [5.74, 6) is 2.36. The van der Waals surface area contributed by atoms with Crippen molar-refractivity contribution in [2.45, 2.75) is 38.5 Å². The van der Waals surface area contributed by atoms with Crippen LogP contribution in [0.1, 0.15) is 49.9 Å². The van der Waals surface area contributed by atoms with Gasteiger partial charge in [0.2, 0.25) is 0 Å². The third-order valence-electron chi connectivity index (χ3n) is 5.39. The van der Waals surface area contributed by atoms with Crippen molar-refractivity contribution in [3.63, 3.8) is 0 Å². The summed E-state index contributed by atoms with van der Waals surface area (Å²) in [6.45, 7) is 5.80. The number of carbonyl (C=O) groups excluding carboxylic acids is 1. The highest BCUT2D eigenvalue weighted by atomic mass is 16.5. The third-order valence-corrected chi connectivity index (χ3v) is 5.39. The number of amides is 1. The van der Waals surface area contributed by atoms with Crippen LogP contribution in [0.4, 0.5) is 0 Å². The molecule has 0 saturated carbocycles. The lowest BCUT2D eigenvalue weighted by molar-refractivity contribution is -0.134. The molecular weight excluding hydrogens is 352 g/mol. The summed E-state index contributed by atoms with van der Waals surface area (Å²) in [6, 6.07) is 13.9. The lowest BCUT2D eigenvalue weighted by atomic mass is 9.97. The van der Waals surface area contributed by atoms with Gasteiger partial charge in [0, 0.05) is 25.2 Å². The molecule has 6 nitrogen and oxygen atoms in total. The molecule has 1 fully saturated rings. The van der Waals surface area contributed by atoms with Gasteiger partial charge in [0.15, 0.2) is 12.3 Å². The molecule has 3 aromatic rings. The Morgan fingerprint density at radius 2 is 2.00 bits per heavy atom. The quantitative estimate of drug-likeness (QED) is 0.680. The van der Waals surface area contributed by atoms with Crippen molar-refractivity contribution < 1.29 is 9.53 Å². The van der Waals surface area contributed by atoms with Gasteiger partial charge in [-0.15, -0.1) is 10.2 Å². The fraction of sp³-hybridized carbons (Fsp3) is 0.409. The molecule has 1 unspecified atom stereocenters. The summed E-state index contributed by atoms with van der Waals surface area (Å²) < 4.78 is 7.75. The number of hydrogen-bond donors (Lipinski definition) is 0. The fourth-order valence-electron chi connectivity index (χ4n) is 3.74. The standard InChI is InChI=1S/C22H26N4O2/c1-16(2)17-8-10-19(11-9-17)28-15-21(27)25-12-5-6-18(14-25)22-24-23-20-7-3-4-13-26(20)22/h3-4,7-11,13,16,18H,5-6,12,14-15H2,1-2H3. The highest BCUT2D eigenvalue weighted by Gasteiger charge is 2.28. The van der Waals surface area contributed by atoms with Gasteiger partial charge in [-0.3, -0.25) is 9.20 Å². The van der Waals surface area contributed by atoms with E-state index in [4.69, 9.17) is 4.74 Å². The zero-order valence-electron chi connectivity index (χ0n) is 16.4. The Bertz CT molecular complexity index is 949. The molecule has 0 bridgehead atoms. The SMILES string of the molecule is CC(C)c1ccc(OCC(=O)N2CCCC(c3nnc4ccccn34)C2)cc1. The van der Waals surface area contributed by atoms with E-state index in [9.17, 15) is 4.79 Å². The molecule has 1 aromatic carbocycles. The van der Waals surface area contributed by atoms with Crippen LogP contribution in [0.5, 0.6) is 5.75 Å². The summed E-state index contributed by atoms with van der Waals surface area (Å²) in [5, 5.41) is 8.62. The van der Waals surface area contributed by atoms with Gasteiger partial charge in [0.05, 0.1) is 0 Å². The Balaban J connectivity index is 1.38. The average molecular weight is 378 g/mol. The lowest BCUT2D eigenvalue weighted by Crippen LogP contribution is -2.42. The molecule has 0 radical (unpaired) electrons. The van der Waals surface area contributed by atoms with Crippen molar-refractivity contribution in [3.8, 4) is 5.75 Å². The van der Waals surface area contributed by atoms with Crippen LogP contribution in [-0.4, -0.2) is 45.1 Å². The van der Waals surface area contributed by atoms with E-state index >= 15 is 0 Å². The van der Waals surface area contributed by atoms with Gasteiger partial charge < -0.3 is 9.64 Å². The maximum Gasteiger partial charge on any atom is 0.260 e. The fourth-order valence-corrected chi connectivity index (χ4v) is 3.74. The second kappa shape index (κ2) is 8.00. The minimum Gasteiger partial charge on any atom is -0.484 e. The first kappa shape index (κ1) is 18.5. The van der Waals surface area contributed by atoms with Crippen molar-refractivity contribution in [3.05, 3.63) is 60.0 Å². The average Bonchev–Trinajstić information content (AvgIpc) is 3.16. The summed E-state index contributed by atoms with van der Waals surface area (Å²) in [4.78, 5) is 14.6. The predicted octanol–water partition coefficient (Wildman–Crippen LogP) is 3.64. The number of carbonyl (C=O) groups is 1. The van der Waals surface area contributed by atoms with Crippen LogP contribution < -0.4 is 4.74 Å². The van der Waals surface area contributed by atoms with Crippen molar-refractivity contribution >= 4 is 11.6 Å². The number of piperidine rings is 1. The molecule has 6 heteroatoms. The predicted molar refractivity (Wildman–Crippen MR) is 108 cm³/mol. The van der Waals surface area contributed by atoms with Gasteiger partial charge in [-0.1, -0.05) is 32.0 Å². The van der Waals surface area contributed by atoms with E-state index in [2.05, 4.69) is 36.2 Å². The van der Waals surface area contributed by atoms with Crippen molar-refractivity contribution in [2.75, 3.05) is 19.7 Å². The van der Waals surface area contributed by atoms with Gasteiger partial charge in [0.25, 0.3) is 5.91 Å². The number of aromatic nitrogens is 3. The maximum absolute atomic E-state index is 12.7. The van der Waals surface area contributed by atoms with E-state index in [1.807, 2.05) is 45.8 Å². The molecule has 4 rings (SSSR count). The molecule has 3 heterocycles. The molecule has 1 saturated heterocycles. The normalized spacial score (nSPS) is 17.2. The monoisotopic (exact) mass is 378 g/mol. The van der Waals surface area contributed by atoms with E-state index < -0.39 is 0 Å². The lowest BCUT2D eigenvalue weighted by Gasteiger charge is -2.31. The van der Waals surface area contributed by atoms with Gasteiger partial charge in [-0.2, -0.15) is 0 Å². The summed E-state index contributed by atoms with van der Waals surface area (Å²) >= 11 is 0. The summed E-state index contributed by atoms with van der Waals surface area (Å²) in [5.41, 5.74) is 2.10. The zero-order valence-corrected chi connectivity index (χ0v) is 16.4. The molecule has 1 aliphatic rings. The molecule has 2 aromatic heterocycles. The highest BCUT2D eigenvalue weighted by Crippen LogP contribution is 2.26. The number of hydrogen-bond acceptors (Lipinski definition) is 4. The number of benzene rings is 1. The maximum atomic E-state index is 12.7. The van der Waals surface area contributed by atoms with E-state index in [1.165, 1.54) is 5.56 Å². The number of ether oxygens (including phenoxy) is 1. The molecule has 1 atom stereocenters. The van der Waals surface area contributed by atoms with Crippen LogP contribution in [0.25, 0.3) is 5.65 Å². The molecule has 28 heavy (non-hydrogen) atoms. The second-order valence-electron chi connectivity index (χ2n) is 7.68. The van der Waals surface area contributed by atoms with Crippen LogP contribution >= 0.6 is 0 Å². The first-order chi connectivity index (χ1) is 13.6. The minimum absolute atomic E-state index is 0.0199. The van der Waals surface area contributed by atoms with E-state index in [0.29, 0.717) is 12.5 Å². The first-order valence-electron chi connectivity index (χ1n) is 9.92. The van der Waals surface area contributed by atoms with Crippen LogP contribution in [0.2, 0.25) is 0 Å². The molecule has 1 amide bonds. The van der Waals surface area contributed by atoms with Crippen LogP contribution in [0.15, 0.2) is 48.7 Å². The van der Waals surface area contributed by atoms with Crippen molar-refractivity contribution in [2.24, 2.45) is 0 Å². The van der Waals surface area contributed by atoms with E-state index in [0.717, 1.165) is 36.6 Å². The number of rotatable bonds is 5.